The monoisotopic (exact) mass is 405 g/mol. The number of ketones is 1. The van der Waals surface area contributed by atoms with Gasteiger partial charge in [-0.1, -0.05) is 18.2 Å². The van der Waals surface area contributed by atoms with Gasteiger partial charge < -0.3 is 14.4 Å². The number of benzene rings is 2. The summed E-state index contributed by atoms with van der Waals surface area (Å²) in [6, 6.07) is 11.5. The zero-order chi connectivity index (χ0) is 21.3. The molecule has 0 atom stereocenters. The fourth-order valence-corrected chi connectivity index (χ4v) is 4.42. The summed E-state index contributed by atoms with van der Waals surface area (Å²) in [5.41, 5.74) is 3.22. The molecule has 5 nitrogen and oxygen atoms in total. The first kappa shape index (κ1) is 20.2. The van der Waals surface area contributed by atoms with E-state index in [-0.39, 0.29) is 11.7 Å². The molecule has 0 unspecified atom stereocenters. The van der Waals surface area contributed by atoms with Gasteiger partial charge in [-0.05, 0) is 54.8 Å². The summed E-state index contributed by atoms with van der Waals surface area (Å²) in [6.45, 7) is 5.14. The van der Waals surface area contributed by atoms with Gasteiger partial charge in [0.15, 0.2) is 5.78 Å². The molecular formula is C25H27NO4. The van der Waals surface area contributed by atoms with Crippen LogP contribution in [0.4, 0.5) is 0 Å². The van der Waals surface area contributed by atoms with Crippen molar-refractivity contribution in [3.05, 3.63) is 64.7 Å². The Morgan fingerprint density at radius 1 is 1.13 bits per heavy atom. The first-order valence-electron chi connectivity index (χ1n) is 10.3. The van der Waals surface area contributed by atoms with E-state index in [1.54, 1.807) is 13.2 Å². The third-order valence-electron chi connectivity index (χ3n) is 6.05. The molecule has 5 heteroatoms. The lowest BCUT2D eigenvalue weighted by atomic mass is 9.81. The second kappa shape index (κ2) is 7.98. The lowest BCUT2D eigenvalue weighted by Gasteiger charge is -2.44. The Morgan fingerprint density at radius 3 is 2.50 bits per heavy atom. The molecule has 1 amide bonds. The Bertz CT molecular complexity index is 999. The van der Waals surface area contributed by atoms with Crippen molar-refractivity contribution in [2.75, 3.05) is 20.2 Å². The Balaban J connectivity index is 1.41. The maximum absolute atomic E-state index is 12.8. The number of likely N-dealkylation sites (tertiary alicyclic amines) is 1. The Hall–Kier alpha value is -3.08. The van der Waals surface area contributed by atoms with Crippen LogP contribution in [0.2, 0.25) is 0 Å². The van der Waals surface area contributed by atoms with Gasteiger partial charge in [0.25, 0.3) is 0 Å². The van der Waals surface area contributed by atoms with Gasteiger partial charge in [0.1, 0.15) is 17.1 Å². The normalized spacial score (nSPS) is 17.7. The van der Waals surface area contributed by atoms with Crippen LogP contribution >= 0.6 is 0 Å². The summed E-state index contributed by atoms with van der Waals surface area (Å²) in [7, 11) is 1.63. The fraction of sp³-hybridized carbons (Fsp3) is 0.360. The molecule has 1 saturated heterocycles. The largest absolute Gasteiger partial charge is 0.497 e. The summed E-state index contributed by atoms with van der Waals surface area (Å²) >= 11 is 0. The summed E-state index contributed by atoms with van der Waals surface area (Å²) in [6.07, 6.45) is 5.12. The molecule has 0 radical (unpaired) electrons. The van der Waals surface area contributed by atoms with Crippen LogP contribution in [0.15, 0.2) is 42.5 Å². The number of carbonyl (C=O) groups is 2. The highest BCUT2D eigenvalue weighted by Crippen LogP contribution is 2.41. The molecule has 0 N–H and O–H groups in total. The molecule has 30 heavy (non-hydrogen) atoms. The molecular weight excluding hydrogens is 378 g/mol. The number of ether oxygens (including phenoxy) is 2. The molecule has 0 bridgehead atoms. The van der Waals surface area contributed by atoms with Gasteiger partial charge in [-0.15, -0.1) is 0 Å². The van der Waals surface area contributed by atoms with Crippen LogP contribution in [0.5, 0.6) is 11.5 Å². The van der Waals surface area contributed by atoms with Crippen molar-refractivity contribution < 1.29 is 19.1 Å². The van der Waals surface area contributed by atoms with Gasteiger partial charge in [0.05, 0.1) is 19.1 Å². The summed E-state index contributed by atoms with van der Waals surface area (Å²) in [5.74, 6) is 1.61. The zero-order valence-electron chi connectivity index (χ0n) is 17.7. The standard InChI is InChI=1S/C25H27NO4/c1-17-14-18(2)24-21(27)16-25(30-22(24)15-17)10-12-26(13-11-25)23(28)9-6-19-4-7-20(29-3)8-5-19/h4-9,14-15H,10-13,16H2,1-3H3/b9-6+. The van der Waals surface area contributed by atoms with Crippen LogP contribution in [-0.4, -0.2) is 42.4 Å². The second-order valence-corrected chi connectivity index (χ2v) is 8.27. The zero-order valence-corrected chi connectivity index (χ0v) is 17.7. The van der Waals surface area contributed by atoms with Gasteiger partial charge in [-0.2, -0.15) is 0 Å². The van der Waals surface area contributed by atoms with E-state index < -0.39 is 5.60 Å². The minimum atomic E-state index is -0.499. The lowest BCUT2D eigenvalue weighted by Crippen LogP contribution is -2.52. The number of methoxy groups -OCH3 is 1. The summed E-state index contributed by atoms with van der Waals surface area (Å²) < 4.78 is 11.5. The molecule has 156 valence electrons. The van der Waals surface area contributed by atoms with E-state index in [1.165, 1.54) is 0 Å². The molecule has 0 aromatic heterocycles. The van der Waals surface area contributed by atoms with Crippen LogP contribution in [0, 0.1) is 13.8 Å². The molecule has 2 aromatic rings. The predicted octanol–water partition coefficient (Wildman–Crippen LogP) is 4.35. The third-order valence-corrected chi connectivity index (χ3v) is 6.05. The van der Waals surface area contributed by atoms with Gasteiger partial charge >= 0.3 is 0 Å². The van der Waals surface area contributed by atoms with Gasteiger partial charge in [0, 0.05) is 32.0 Å². The number of carbonyl (C=O) groups excluding carboxylic acids is 2. The van der Waals surface area contributed by atoms with Crippen molar-refractivity contribution in [2.45, 2.75) is 38.7 Å². The van der Waals surface area contributed by atoms with E-state index in [1.807, 2.05) is 61.2 Å². The lowest BCUT2D eigenvalue weighted by molar-refractivity contribution is -0.129. The highest BCUT2D eigenvalue weighted by Gasteiger charge is 2.43. The molecule has 0 saturated carbocycles. The van der Waals surface area contributed by atoms with Crippen LogP contribution in [0.1, 0.15) is 46.3 Å². The quantitative estimate of drug-likeness (QED) is 0.713. The number of hydrogen-bond donors (Lipinski definition) is 0. The molecule has 1 spiro atoms. The smallest absolute Gasteiger partial charge is 0.246 e. The number of amides is 1. The molecule has 4 rings (SSSR count). The predicted molar refractivity (Wildman–Crippen MR) is 116 cm³/mol. The highest BCUT2D eigenvalue weighted by molar-refractivity contribution is 6.02. The van der Waals surface area contributed by atoms with Crippen LogP contribution in [-0.2, 0) is 4.79 Å². The number of rotatable bonds is 3. The first-order valence-corrected chi connectivity index (χ1v) is 10.3. The van der Waals surface area contributed by atoms with E-state index in [4.69, 9.17) is 9.47 Å². The van der Waals surface area contributed by atoms with Gasteiger partial charge in [-0.3, -0.25) is 9.59 Å². The second-order valence-electron chi connectivity index (χ2n) is 8.27. The first-order chi connectivity index (χ1) is 14.4. The Kier molecular flexibility index (Phi) is 5.37. The third kappa shape index (κ3) is 3.97. The fourth-order valence-electron chi connectivity index (χ4n) is 4.42. The Morgan fingerprint density at radius 2 is 1.83 bits per heavy atom. The van der Waals surface area contributed by atoms with Crippen molar-refractivity contribution in [1.29, 1.82) is 0 Å². The van der Waals surface area contributed by atoms with Crippen LogP contribution in [0.25, 0.3) is 6.08 Å². The van der Waals surface area contributed by atoms with Crippen molar-refractivity contribution in [1.82, 2.24) is 4.90 Å². The molecule has 2 aromatic carbocycles. The van der Waals surface area contributed by atoms with E-state index in [0.717, 1.165) is 22.4 Å². The average molecular weight is 405 g/mol. The number of piperidine rings is 1. The van der Waals surface area contributed by atoms with Gasteiger partial charge in [0.2, 0.25) is 5.91 Å². The summed E-state index contributed by atoms with van der Waals surface area (Å²) in [5, 5.41) is 0. The number of fused-ring (bicyclic) bond motifs is 1. The molecule has 2 aliphatic heterocycles. The molecule has 0 aliphatic carbocycles. The van der Waals surface area contributed by atoms with E-state index in [2.05, 4.69) is 0 Å². The van der Waals surface area contributed by atoms with Crippen molar-refractivity contribution in [3.8, 4) is 11.5 Å². The maximum Gasteiger partial charge on any atom is 0.246 e. The van der Waals surface area contributed by atoms with Gasteiger partial charge in [-0.25, -0.2) is 0 Å². The van der Waals surface area contributed by atoms with E-state index in [0.29, 0.717) is 43.7 Å². The molecule has 1 fully saturated rings. The van der Waals surface area contributed by atoms with Crippen molar-refractivity contribution in [2.24, 2.45) is 0 Å². The summed E-state index contributed by atoms with van der Waals surface area (Å²) in [4.78, 5) is 27.3. The topological polar surface area (TPSA) is 55.8 Å². The minimum absolute atomic E-state index is 0.0186. The number of nitrogens with zero attached hydrogens (tertiary/aromatic N) is 1. The number of Topliss-reactive ketones (excluding diaryl/α,β-unsaturated/α-hetero) is 1. The SMILES string of the molecule is COc1ccc(/C=C/C(=O)N2CCC3(CC2)CC(=O)c2c(C)cc(C)cc2O3)cc1. The molecule has 2 aliphatic rings. The average Bonchev–Trinajstić information content (AvgIpc) is 2.72. The van der Waals surface area contributed by atoms with Crippen molar-refractivity contribution in [3.63, 3.8) is 0 Å². The van der Waals surface area contributed by atoms with E-state index >= 15 is 0 Å². The van der Waals surface area contributed by atoms with Crippen molar-refractivity contribution >= 4 is 17.8 Å². The van der Waals surface area contributed by atoms with Crippen LogP contribution in [0.3, 0.4) is 0 Å². The number of aryl methyl sites for hydroxylation is 2. The highest BCUT2D eigenvalue weighted by atomic mass is 16.5. The maximum atomic E-state index is 12.8. The molecule has 2 heterocycles. The van der Waals surface area contributed by atoms with Crippen LogP contribution < -0.4 is 9.47 Å². The Labute approximate surface area is 177 Å². The minimum Gasteiger partial charge on any atom is -0.497 e. The van der Waals surface area contributed by atoms with E-state index in [9.17, 15) is 9.59 Å². The number of hydrogen-bond acceptors (Lipinski definition) is 4.